The van der Waals surface area contributed by atoms with Crippen LogP contribution in [0.25, 0.3) is 0 Å². The lowest BCUT2D eigenvalue weighted by Gasteiger charge is -2.51. The molecule has 13 heavy (non-hydrogen) atoms. The molecule has 1 spiro atoms. The van der Waals surface area contributed by atoms with Crippen LogP contribution < -0.4 is 5.32 Å². The van der Waals surface area contributed by atoms with Gasteiger partial charge >= 0.3 is 0 Å². The fraction of sp³-hybridized carbons (Fsp3) is 0.900. The summed E-state index contributed by atoms with van der Waals surface area (Å²) in [5, 5.41) is 3.22. The number of nitrogens with zero attached hydrogens (tertiary/aromatic N) is 1. The minimum absolute atomic E-state index is 0.188. The van der Waals surface area contributed by atoms with Gasteiger partial charge in [0.1, 0.15) is 0 Å². The molecule has 3 nitrogen and oxygen atoms in total. The molecular weight excluding hydrogens is 164 g/mol. The number of hydrogen-bond donors (Lipinski definition) is 1. The molecule has 1 amide bonds. The zero-order chi connectivity index (χ0) is 8.89. The molecule has 0 saturated carbocycles. The molecule has 0 aromatic carbocycles. The van der Waals surface area contributed by atoms with Crippen molar-refractivity contribution in [2.24, 2.45) is 5.92 Å². The summed E-state index contributed by atoms with van der Waals surface area (Å²) in [5.74, 6) is 1.04. The van der Waals surface area contributed by atoms with E-state index in [4.69, 9.17) is 0 Å². The number of amides is 1. The van der Waals surface area contributed by atoms with Gasteiger partial charge in [-0.1, -0.05) is 0 Å². The first-order chi connectivity index (χ1) is 6.28. The van der Waals surface area contributed by atoms with Gasteiger partial charge in [-0.3, -0.25) is 4.79 Å². The summed E-state index contributed by atoms with van der Waals surface area (Å²) in [6.07, 6.45) is 4.41. The van der Waals surface area contributed by atoms with Gasteiger partial charge in [-0.05, 0) is 38.3 Å². The third kappa shape index (κ3) is 1.03. The van der Waals surface area contributed by atoms with Crippen LogP contribution in [0.15, 0.2) is 0 Å². The molecule has 1 N–H and O–H groups in total. The van der Waals surface area contributed by atoms with E-state index in [1.807, 2.05) is 0 Å². The molecule has 0 aromatic rings. The van der Waals surface area contributed by atoms with Gasteiger partial charge < -0.3 is 10.2 Å². The third-order valence-corrected chi connectivity index (χ3v) is 4.06. The van der Waals surface area contributed by atoms with E-state index in [1.54, 1.807) is 0 Å². The minimum atomic E-state index is 0.188. The molecule has 0 aromatic heterocycles. The molecule has 0 aliphatic carbocycles. The first-order valence-corrected chi connectivity index (χ1v) is 5.32. The average molecular weight is 180 g/mol. The molecule has 4 saturated heterocycles. The van der Waals surface area contributed by atoms with Gasteiger partial charge in [0.2, 0.25) is 5.91 Å². The fourth-order valence-corrected chi connectivity index (χ4v) is 3.34. The Morgan fingerprint density at radius 3 is 2.62 bits per heavy atom. The molecule has 4 fully saturated rings. The summed E-state index contributed by atoms with van der Waals surface area (Å²) in [4.78, 5) is 13.8. The number of fused-ring (bicyclic) bond motifs is 2. The van der Waals surface area contributed by atoms with Crippen molar-refractivity contribution in [3.8, 4) is 0 Å². The van der Waals surface area contributed by atoms with Crippen LogP contribution in [-0.2, 0) is 4.79 Å². The Hall–Kier alpha value is -0.570. The number of nitrogens with one attached hydrogen (secondary N) is 1. The van der Waals surface area contributed by atoms with Gasteiger partial charge in [-0.15, -0.1) is 0 Å². The van der Waals surface area contributed by atoms with E-state index in [1.165, 1.54) is 25.9 Å². The first-order valence-electron chi connectivity index (χ1n) is 5.32. The predicted molar refractivity (Wildman–Crippen MR) is 49.3 cm³/mol. The molecule has 4 rings (SSSR count). The smallest absolute Gasteiger partial charge is 0.220 e. The Balaban J connectivity index is 1.87. The van der Waals surface area contributed by atoms with Gasteiger partial charge in [-0.25, -0.2) is 0 Å². The van der Waals surface area contributed by atoms with Crippen LogP contribution in [0.1, 0.15) is 25.7 Å². The molecule has 4 aliphatic heterocycles. The third-order valence-electron chi connectivity index (χ3n) is 4.06. The van der Waals surface area contributed by atoms with Crippen LogP contribution in [0, 0.1) is 5.92 Å². The van der Waals surface area contributed by atoms with Crippen molar-refractivity contribution in [2.75, 3.05) is 19.6 Å². The Morgan fingerprint density at radius 1 is 1.38 bits per heavy atom. The highest BCUT2D eigenvalue weighted by Crippen LogP contribution is 2.40. The van der Waals surface area contributed by atoms with Gasteiger partial charge in [0.25, 0.3) is 0 Å². The highest BCUT2D eigenvalue weighted by atomic mass is 16.2. The van der Waals surface area contributed by atoms with Crippen molar-refractivity contribution in [2.45, 2.75) is 31.2 Å². The van der Waals surface area contributed by atoms with Crippen LogP contribution in [-0.4, -0.2) is 36.0 Å². The van der Waals surface area contributed by atoms with Crippen LogP contribution in [0.2, 0.25) is 0 Å². The molecule has 1 unspecified atom stereocenters. The van der Waals surface area contributed by atoms with Crippen LogP contribution in [0.4, 0.5) is 0 Å². The van der Waals surface area contributed by atoms with E-state index in [9.17, 15) is 4.79 Å². The van der Waals surface area contributed by atoms with Crippen molar-refractivity contribution >= 4 is 5.91 Å². The molecule has 4 heterocycles. The molecule has 0 radical (unpaired) electrons. The number of rotatable bonds is 0. The van der Waals surface area contributed by atoms with Gasteiger partial charge in [0.05, 0.1) is 5.54 Å². The molecule has 4 aliphatic rings. The summed E-state index contributed by atoms with van der Waals surface area (Å²) < 4.78 is 0. The van der Waals surface area contributed by atoms with E-state index < -0.39 is 0 Å². The molecular formula is C10H16N2O. The Labute approximate surface area is 78.5 Å². The second kappa shape index (κ2) is 2.47. The van der Waals surface area contributed by atoms with Crippen molar-refractivity contribution in [1.29, 1.82) is 0 Å². The van der Waals surface area contributed by atoms with Crippen LogP contribution in [0.3, 0.4) is 0 Å². The predicted octanol–water partition coefficient (Wildman–Crippen LogP) is 0.361. The lowest BCUT2D eigenvalue weighted by Crippen LogP contribution is -2.63. The maximum absolute atomic E-state index is 11.3. The molecule has 1 atom stereocenters. The quantitative estimate of drug-likeness (QED) is 0.584. The van der Waals surface area contributed by atoms with Crippen LogP contribution >= 0.6 is 0 Å². The summed E-state index contributed by atoms with van der Waals surface area (Å²) >= 11 is 0. The van der Waals surface area contributed by atoms with E-state index >= 15 is 0 Å². The minimum Gasteiger partial charge on any atom is -0.349 e. The zero-order valence-corrected chi connectivity index (χ0v) is 7.88. The maximum Gasteiger partial charge on any atom is 0.220 e. The van der Waals surface area contributed by atoms with Gasteiger partial charge in [0, 0.05) is 13.0 Å². The SMILES string of the molecule is O=C1CCC2(CN3CCC2CC3)N1. The Bertz CT molecular complexity index is 245. The van der Waals surface area contributed by atoms with Crippen molar-refractivity contribution in [3.63, 3.8) is 0 Å². The topological polar surface area (TPSA) is 32.3 Å². The van der Waals surface area contributed by atoms with E-state index in [-0.39, 0.29) is 11.4 Å². The molecule has 72 valence electrons. The Morgan fingerprint density at radius 2 is 2.15 bits per heavy atom. The monoisotopic (exact) mass is 180 g/mol. The zero-order valence-electron chi connectivity index (χ0n) is 7.88. The maximum atomic E-state index is 11.3. The summed E-state index contributed by atoms with van der Waals surface area (Å²) in [7, 11) is 0. The van der Waals surface area contributed by atoms with Gasteiger partial charge in [-0.2, -0.15) is 0 Å². The Kier molecular flexibility index (Phi) is 1.48. The second-order valence-corrected chi connectivity index (χ2v) is 4.75. The number of carbonyl (C=O) groups excluding carboxylic acids is 1. The fourth-order valence-electron chi connectivity index (χ4n) is 3.34. The highest BCUT2D eigenvalue weighted by Gasteiger charge is 2.49. The number of hydrogen-bond acceptors (Lipinski definition) is 2. The second-order valence-electron chi connectivity index (χ2n) is 4.75. The lowest BCUT2D eigenvalue weighted by molar-refractivity contribution is -0.121. The first kappa shape index (κ1) is 7.80. The summed E-state index contributed by atoms with van der Waals surface area (Å²) in [6, 6.07) is 0. The number of carbonyl (C=O) groups is 1. The van der Waals surface area contributed by atoms with E-state index in [2.05, 4.69) is 10.2 Å². The average Bonchev–Trinajstić information content (AvgIpc) is 2.49. The lowest BCUT2D eigenvalue weighted by atomic mass is 9.72. The van der Waals surface area contributed by atoms with E-state index in [0.717, 1.165) is 25.3 Å². The summed E-state index contributed by atoms with van der Waals surface area (Å²) in [6.45, 7) is 3.62. The van der Waals surface area contributed by atoms with Crippen molar-refractivity contribution in [1.82, 2.24) is 10.2 Å². The molecule has 3 heteroatoms. The van der Waals surface area contributed by atoms with Crippen LogP contribution in [0.5, 0.6) is 0 Å². The van der Waals surface area contributed by atoms with Crippen molar-refractivity contribution in [3.05, 3.63) is 0 Å². The molecule has 2 bridgehead atoms. The largest absolute Gasteiger partial charge is 0.349 e. The number of piperidine rings is 3. The van der Waals surface area contributed by atoms with Gasteiger partial charge in [0.15, 0.2) is 0 Å². The highest BCUT2D eigenvalue weighted by molar-refractivity contribution is 5.79. The van der Waals surface area contributed by atoms with E-state index in [0.29, 0.717) is 0 Å². The van der Waals surface area contributed by atoms with Crippen molar-refractivity contribution < 1.29 is 4.79 Å². The normalized spacial score (nSPS) is 48.5. The standard InChI is InChI=1S/C10H16N2O/c13-9-1-4-10(11-9)7-12-5-2-8(10)3-6-12/h8H,1-7H2,(H,11,13). The summed E-state index contributed by atoms with van der Waals surface area (Å²) in [5.41, 5.74) is 0.188.